The van der Waals surface area contributed by atoms with E-state index in [1.54, 1.807) is 34.8 Å². The fraction of sp³-hybridized carbons (Fsp3) is 0.0769. The summed E-state index contributed by atoms with van der Waals surface area (Å²) in [5, 5.41) is 2.08. The molecule has 3 rings (SSSR count). The van der Waals surface area contributed by atoms with Crippen molar-refractivity contribution in [2.75, 3.05) is 0 Å². The molecule has 0 aliphatic heterocycles. The highest BCUT2D eigenvalue weighted by Crippen LogP contribution is 2.34. The molecule has 4 heteroatoms. The Labute approximate surface area is 106 Å². The molecule has 0 bridgehead atoms. The van der Waals surface area contributed by atoms with Gasteiger partial charge < -0.3 is 5.73 Å². The van der Waals surface area contributed by atoms with Crippen LogP contribution in [0.1, 0.15) is 16.5 Å². The fourth-order valence-electron chi connectivity index (χ4n) is 1.77. The van der Waals surface area contributed by atoms with Crippen LogP contribution in [0, 0.1) is 5.82 Å². The molecule has 0 aliphatic rings. The number of fused-ring (bicyclic) bond motifs is 1. The van der Waals surface area contributed by atoms with Gasteiger partial charge in [0, 0.05) is 14.3 Å². The Morgan fingerprint density at radius 2 is 1.82 bits per heavy atom. The van der Waals surface area contributed by atoms with Crippen LogP contribution in [0.4, 0.5) is 4.39 Å². The predicted molar refractivity (Wildman–Crippen MR) is 72.1 cm³/mol. The van der Waals surface area contributed by atoms with E-state index in [0.717, 1.165) is 10.4 Å². The highest BCUT2D eigenvalue weighted by molar-refractivity contribution is 7.26. The van der Waals surface area contributed by atoms with Crippen molar-refractivity contribution >= 4 is 32.1 Å². The molecule has 17 heavy (non-hydrogen) atoms. The van der Waals surface area contributed by atoms with Crippen LogP contribution >= 0.6 is 22.7 Å². The van der Waals surface area contributed by atoms with E-state index in [1.807, 2.05) is 0 Å². The maximum absolute atomic E-state index is 12.8. The number of halogens is 1. The third-order valence-electron chi connectivity index (χ3n) is 2.69. The molecule has 1 nitrogen and oxygen atoms in total. The first-order valence-electron chi connectivity index (χ1n) is 5.22. The summed E-state index contributed by atoms with van der Waals surface area (Å²) in [7, 11) is 0. The molecule has 0 spiro atoms. The van der Waals surface area contributed by atoms with Crippen LogP contribution in [0.25, 0.3) is 9.40 Å². The summed E-state index contributed by atoms with van der Waals surface area (Å²) >= 11 is 3.42. The number of nitrogens with two attached hydrogens (primary N) is 1. The van der Waals surface area contributed by atoms with Gasteiger partial charge in [0.1, 0.15) is 5.82 Å². The third-order valence-corrected chi connectivity index (χ3v) is 4.87. The maximum atomic E-state index is 12.8. The van der Waals surface area contributed by atoms with Gasteiger partial charge in [0.2, 0.25) is 0 Å². The molecule has 2 N–H and O–H groups in total. The van der Waals surface area contributed by atoms with E-state index in [9.17, 15) is 4.39 Å². The van der Waals surface area contributed by atoms with Crippen LogP contribution in [0.2, 0.25) is 0 Å². The Bertz CT molecular complexity index is 610. The smallest absolute Gasteiger partial charge is 0.123 e. The number of rotatable bonds is 2. The molecule has 0 radical (unpaired) electrons. The summed E-state index contributed by atoms with van der Waals surface area (Å²) in [4.78, 5) is 1.12. The van der Waals surface area contributed by atoms with Crippen molar-refractivity contribution in [1.82, 2.24) is 0 Å². The van der Waals surface area contributed by atoms with Gasteiger partial charge in [-0.3, -0.25) is 0 Å². The van der Waals surface area contributed by atoms with Crippen LogP contribution in [0.5, 0.6) is 0 Å². The summed E-state index contributed by atoms with van der Waals surface area (Å²) in [6.45, 7) is 0. The molecular formula is C13H10FNS2. The van der Waals surface area contributed by atoms with Crippen LogP contribution < -0.4 is 5.73 Å². The first kappa shape index (κ1) is 10.9. The summed E-state index contributed by atoms with van der Waals surface area (Å²) in [6.07, 6.45) is 0. The molecular weight excluding hydrogens is 253 g/mol. The lowest BCUT2D eigenvalue weighted by atomic mass is 10.1. The predicted octanol–water partition coefficient (Wildman–Crippen LogP) is 4.15. The van der Waals surface area contributed by atoms with E-state index >= 15 is 0 Å². The lowest BCUT2D eigenvalue weighted by molar-refractivity contribution is 0.626. The Kier molecular flexibility index (Phi) is 2.70. The van der Waals surface area contributed by atoms with Gasteiger partial charge in [-0.15, -0.1) is 22.7 Å². The summed E-state index contributed by atoms with van der Waals surface area (Å²) < 4.78 is 15.4. The van der Waals surface area contributed by atoms with E-state index in [4.69, 9.17) is 5.73 Å². The summed E-state index contributed by atoms with van der Waals surface area (Å²) in [6, 6.07) is 10.4. The summed E-state index contributed by atoms with van der Waals surface area (Å²) in [5.74, 6) is -0.229. The Morgan fingerprint density at radius 1 is 1.06 bits per heavy atom. The number of benzene rings is 1. The molecule has 0 aliphatic carbocycles. The monoisotopic (exact) mass is 263 g/mol. The summed E-state index contributed by atoms with van der Waals surface area (Å²) in [5.41, 5.74) is 7.13. The molecule has 3 aromatic rings. The first-order valence-corrected chi connectivity index (χ1v) is 6.91. The fourth-order valence-corrected chi connectivity index (χ4v) is 3.92. The van der Waals surface area contributed by atoms with Crippen molar-refractivity contribution in [3.63, 3.8) is 0 Å². The molecule has 2 aromatic heterocycles. The Morgan fingerprint density at radius 3 is 2.53 bits per heavy atom. The second-order valence-corrected chi connectivity index (χ2v) is 5.89. The highest BCUT2D eigenvalue weighted by atomic mass is 32.1. The van der Waals surface area contributed by atoms with Crippen LogP contribution in [0.3, 0.4) is 0 Å². The van der Waals surface area contributed by atoms with Crippen LogP contribution in [-0.2, 0) is 0 Å². The van der Waals surface area contributed by atoms with Crippen molar-refractivity contribution in [1.29, 1.82) is 0 Å². The van der Waals surface area contributed by atoms with Crippen molar-refractivity contribution in [3.8, 4) is 0 Å². The molecule has 0 fully saturated rings. The third kappa shape index (κ3) is 1.99. The molecule has 0 saturated heterocycles. The van der Waals surface area contributed by atoms with Gasteiger partial charge in [-0.05, 0) is 35.2 Å². The molecule has 0 saturated carbocycles. The molecule has 86 valence electrons. The van der Waals surface area contributed by atoms with E-state index in [1.165, 1.54) is 21.5 Å². The minimum absolute atomic E-state index is 0.166. The minimum atomic E-state index is -0.229. The van der Waals surface area contributed by atoms with E-state index in [-0.39, 0.29) is 11.9 Å². The van der Waals surface area contributed by atoms with Gasteiger partial charge in [-0.25, -0.2) is 4.39 Å². The van der Waals surface area contributed by atoms with Crippen LogP contribution in [-0.4, -0.2) is 0 Å². The van der Waals surface area contributed by atoms with Gasteiger partial charge in [-0.1, -0.05) is 12.1 Å². The second-order valence-electron chi connectivity index (χ2n) is 3.83. The topological polar surface area (TPSA) is 26.0 Å². The zero-order valence-electron chi connectivity index (χ0n) is 8.89. The van der Waals surface area contributed by atoms with E-state index in [0.29, 0.717) is 0 Å². The second kappa shape index (κ2) is 4.22. The minimum Gasteiger partial charge on any atom is -0.320 e. The number of hydrogen-bond donors (Lipinski definition) is 1. The Hall–Kier alpha value is -1.23. The number of hydrogen-bond acceptors (Lipinski definition) is 3. The van der Waals surface area contributed by atoms with E-state index in [2.05, 4.69) is 17.5 Å². The molecule has 0 amide bonds. The molecule has 1 atom stereocenters. The highest BCUT2D eigenvalue weighted by Gasteiger charge is 2.12. The lowest BCUT2D eigenvalue weighted by Crippen LogP contribution is -2.09. The average Bonchev–Trinajstić information content (AvgIpc) is 2.89. The van der Waals surface area contributed by atoms with Crippen molar-refractivity contribution < 1.29 is 4.39 Å². The van der Waals surface area contributed by atoms with Gasteiger partial charge in [-0.2, -0.15) is 0 Å². The largest absolute Gasteiger partial charge is 0.320 e. The SMILES string of the molecule is NC(c1ccc(F)cc1)c1cc2sccc2s1. The zero-order valence-corrected chi connectivity index (χ0v) is 10.5. The van der Waals surface area contributed by atoms with Crippen molar-refractivity contribution in [2.45, 2.75) is 6.04 Å². The van der Waals surface area contributed by atoms with Crippen molar-refractivity contribution in [3.05, 3.63) is 58.0 Å². The normalized spacial score (nSPS) is 13.1. The average molecular weight is 263 g/mol. The first-order chi connectivity index (χ1) is 8.24. The van der Waals surface area contributed by atoms with Crippen molar-refractivity contribution in [2.24, 2.45) is 5.73 Å². The Balaban J connectivity index is 1.98. The van der Waals surface area contributed by atoms with Gasteiger partial charge in [0.15, 0.2) is 0 Å². The molecule has 2 heterocycles. The zero-order chi connectivity index (χ0) is 11.8. The molecule has 1 aromatic carbocycles. The van der Waals surface area contributed by atoms with Gasteiger partial charge in [0.25, 0.3) is 0 Å². The van der Waals surface area contributed by atoms with Crippen LogP contribution in [0.15, 0.2) is 41.8 Å². The maximum Gasteiger partial charge on any atom is 0.123 e. The van der Waals surface area contributed by atoms with E-state index < -0.39 is 0 Å². The van der Waals surface area contributed by atoms with Gasteiger partial charge in [0.05, 0.1) is 6.04 Å². The standard InChI is InChI=1S/C13H10FNS2/c14-9-3-1-8(2-4-9)13(15)12-7-11-10(17-12)5-6-16-11/h1-7,13H,15H2. The quantitative estimate of drug-likeness (QED) is 0.738. The lowest BCUT2D eigenvalue weighted by Gasteiger charge is -2.09. The molecule has 1 unspecified atom stereocenters. The number of thiophene rings is 2. The van der Waals surface area contributed by atoms with Gasteiger partial charge >= 0.3 is 0 Å².